The lowest BCUT2D eigenvalue weighted by atomic mass is 10.0. The van der Waals surface area contributed by atoms with Crippen molar-refractivity contribution in [3.05, 3.63) is 83.2 Å². The van der Waals surface area contributed by atoms with E-state index in [4.69, 9.17) is 0 Å². The van der Waals surface area contributed by atoms with E-state index in [1.54, 1.807) is 6.07 Å². The summed E-state index contributed by atoms with van der Waals surface area (Å²) in [5.41, 5.74) is 6.37. The molecule has 0 radical (unpaired) electrons. The predicted octanol–water partition coefficient (Wildman–Crippen LogP) is 4.84. The highest BCUT2D eigenvalue weighted by Gasteiger charge is 2.30. The van der Waals surface area contributed by atoms with Crippen LogP contribution < -0.4 is 10.6 Å². The summed E-state index contributed by atoms with van der Waals surface area (Å²) in [6.45, 7) is 2.79. The number of anilines is 2. The topological polar surface area (TPSA) is 44.4 Å². The first-order chi connectivity index (χ1) is 14.4. The number of fused-ring (bicyclic) bond motifs is 1. The normalized spacial score (nSPS) is 15.0. The second-order valence-electron chi connectivity index (χ2n) is 8.13. The molecule has 4 rings (SSSR count). The molecule has 30 heavy (non-hydrogen) atoms. The van der Waals surface area contributed by atoms with Gasteiger partial charge in [0, 0.05) is 29.9 Å². The summed E-state index contributed by atoms with van der Waals surface area (Å²) in [6.07, 6.45) is 0.348. The van der Waals surface area contributed by atoms with Crippen LogP contribution in [-0.4, -0.2) is 30.9 Å². The Balaban J connectivity index is 1.50. The summed E-state index contributed by atoms with van der Waals surface area (Å²) in [5.74, 6) is -0.429. The summed E-state index contributed by atoms with van der Waals surface area (Å²) in [4.78, 5) is 15.0. The van der Waals surface area contributed by atoms with Gasteiger partial charge in [0.25, 0.3) is 0 Å². The van der Waals surface area contributed by atoms with E-state index in [-0.39, 0.29) is 11.7 Å². The van der Waals surface area contributed by atoms with Gasteiger partial charge in [-0.15, -0.1) is 0 Å². The lowest BCUT2D eigenvalue weighted by molar-refractivity contribution is -0.116. The fraction of sp³-hybridized carbons (Fsp3) is 0.240. The molecule has 2 N–H and O–H groups in total. The molecule has 0 saturated heterocycles. The molecule has 3 aromatic carbocycles. The van der Waals surface area contributed by atoms with Crippen molar-refractivity contribution in [1.82, 2.24) is 4.90 Å². The molecule has 1 unspecified atom stereocenters. The molecule has 0 aromatic heterocycles. The van der Waals surface area contributed by atoms with Gasteiger partial charge in [-0.2, -0.15) is 0 Å². The van der Waals surface area contributed by atoms with Crippen LogP contribution in [0.15, 0.2) is 60.7 Å². The molecule has 1 atom stereocenters. The van der Waals surface area contributed by atoms with Gasteiger partial charge < -0.3 is 15.5 Å². The summed E-state index contributed by atoms with van der Waals surface area (Å²) in [7, 11) is 4.09. The van der Waals surface area contributed by atoms with Crippen molar-refractivity contribution in [3.63, 3.8) is 0 Å². The van der Waals surface area contributed by atoms with Crippen molar-refractivity contribution in [2.45, 2.75) is 25.9 Å². The van der Waals surface area contributed by atoms with Gasteiger partial charge in [0.2, 0.25) is 5.91 Å². The van der Waals surface area contributed by atoms with Gasteiger partial charge in [0.1, 0.15) is 11.9 Å². The Morgan fingerprint density at radius 3 is 2.57 bits per heavy atom. The van der Waals surface area contributed by atoms with Crippen LogP contribution in [-0.2, 0) is 17.8 Å². The first-order valence-electron chi connectivity index (χ1n) is 10.1. The molecule has 1 heterocycles. The number of halogens is 1. The third-order valence-electron chi connectivity index (χ3n) is 5.40. The highest BCUT2D eigenvalue weighted by atomic mass is 19.1. The average molecular weight is 404 g/mol. The summed E-state index contributed by atoms with van der Waals surface area (Å²) < 4.78 is 14.1. The molecule has 5 heteroatoms. The first-order valence-corrected chi connectivity index (χ1v) is 10.1. The quantitative estimate of drug-likeness (QED) is 0.641. The van der Waals surface area contributed by atoms with E-state index in [2.05, 4.69) is 39.8 Å². The predicted molar refractivity (Wildman–Crippen MR) is 120 cm³/mol. The molecule has 154 valence electrons. The Kier molecular flexibility index (Phi) is 5.55. The van der Waals surface area contributed by atoms with E-state index < -0.39 is 6.04 Å². The van der Waals surface area contributed by atoms with Crippen molar-refractivity contribution in [1.29, 1.82) is 0 Å². The molecular formula is C25H26FN3O. The first kappa shape index (κ1) is 20.1. The van der Waals surface area contributed by atoms with Crippen LogP contribution in [0.4, 0.5) is 15.8 Å². The van der Waals surface area contributed by atoms with Gasteiger partial charge in [-0.1, -0.05) is 36.4 Å². The number of nitrogens with one attached hydrogen (secondary N) is 2. The zero-order chi connectivity index (χ0) is 21.3. The number of rotatable bonds is 5. The van der Waals surface area contributed by atoms with Gasteiger partial charge in [-0.3, -0.25) is 4.79 Å². The number of hydrogen-bond acceptors (Lipinski definition) is 3. The molecule has 0 spiro atoms. The molecule has 0 fully saturated rings. The van der Waals surface area contributed by atoms with Crippen molar-refractivity contribution in [2.75, 3.05) is 24.7 Å². The van der Waals surface area contributed by atoms with Crippen LogP contribution in [0.5, 0.6) is 0 Å². The van der Waals surface area contributed by atoms with E-state index in [0.717, 1.165) is 34.6 Å². The van der Waals surface area contributed by atoms with Crippen LogP contribution in [0.2, 0.25) is 0 Å². The van der Waals surface area contributed by atoms with Crippen LogP contribution in [0.1, 0.15) is 16.7 Å². The van der Waals surface area contributed by atoms with Crippen molar-refractivity contribution >= 4 is 17.3 Å². The molecule has 1 aliphatic heterocycles. The third-order valence-corrected chi connectivity index (χ3v) is 5.40. The SMILES string of the molecule is Cc1ccc(F)c2c1NC(C(=O)Nc1cccc(-c3cccc(CN(C)C)c3)c1)C2. The number of amides is 1. The van der Waals surface area contributed by atoms with Gasteiger partial charge in [0.05, 0.1) is 0 Å². The Morgan fingerprint density at radius 2 is 1.83 bits per heavy atom. The number of benzene rings is 3. The fourth-order valence-corrected chi connectivity index (χ4v) is 3.95. The fourth-order valence-electron chi connectivity index (χ4n) is 3.95. The molecule has 1 aliphatic rings. The van der Waals surface area contributed by atoms with Crippen molar-refractivity contribution in [2.24, 2.45) is 0 Å². The van der Waals surface area contributed by atoms with Crippen LogP contribution in [0.3, 0.4) is 0 Å². The lowest BCUT2D eigenvalue weighted by Crippen LogP contribution is -2.32. The lowest BCUT2D eigenvalue weighted by Gasteiger charge is -2.14. The van der Waals surface area contributed by atoms with E-state index in [1.165, 1.54) is 11.6 Å². The monoisotopic (exact) mass is 403 g/mol. The average Bonchev–Trinajstić information content (AvgIpc) is 3.18. The van der Waals surface area contributed by atoms with E-state index >= 15 is 0 Å². The highest BCUT2D eigenvalue weighted by Crippen LogP contribution is 2.32. The number of aryl methyl sites for hydroxylation is 1. The van der Waals surface area contributed by atoms with Gasteiger partial charge >= 0.3 is 0 Å². The largest absolute Gasteiger partial charge is 0.373 e. The minimum absolute atomic E-state index is 0.163. The number of carbonyl (C=O) groups is 1. The minimum atomic E-state index is -0.484. The molecule has 0 saturated carbocycles. The zero-order valence-electron chi connectivity index (χ0n) is 17.5. The highest BCUT2D eigenvalue weighted by molar-refractivity contribution is 5.98. The maximum absolute atomic E-state index is 14.1. The van der Waals surface area contributed by atoms with Crippen LogP contribution in [0.25, 0.3) is 11.1 Å². The Hall–Kier alpha value is -3.18. The molecule has 4 nitrogen and oxygen atoms in total. The maximum atomic E-state index is 14.1. The van der Waals surface area contributed by atoms with E-state index in [0.29, 0.717) is 12.0 Å². The maximum Gasteiger partial charge on any atom is 0.247 e. The molecular weight excluding hydrogens is 377 g/mol. The molecule has 3 aromatic rings. The Labute approximate surface area is 176 Å². The van der Waals surface area contributed by atoms with Gasteiger partial charge in [-0.05, 0) is 67.5 Å². The van der Waals surface area contributed by atoms with Crippen LogP contribution >= 0.6 is 0 Å². The summed E-state index contributed by atoms with van der Waals surface area (Å²) in [6, 6.07) is 18.9. The number of nitrogens with zero attached hydrogens (tertiary/aromatic N) is 1. The van der Waals surface area contributed by atoms with E-state index in [1.807, 2.05) is 45.3 Å². The smallest absolute Gasteiger partial charge is 0.247 e. The molecule has 0 bridgehead atoms. The van der Waals surface area contributed by atoms with Gasteiger partial charge in [0.15, 0.2) is 0 Å². The summed E-state index contributed by atoms with van der Waals surface area (Å²) >= 11 is 0. The van der Waals surface area contributed by atoms with Gasteiger partial charge in [-0.25, -0.2) is 4.39 Å². The standard InChI is InChI=1S/C25H26FN3O/c1-16-10-11-22(26)21-14-23(28-24(16)21)25(30)27-20-9-5-8-19(13-20)18-7-4-6-17(12-18)15-29(2)3/h4-13,23,28H,14-15H2,1-3H3,(H,27,30). The number of carbonyl (C=O) groups excluding carboxylic acids is 1. The second kappa shape index (κ2) is 8.28. The van der Waals surface area contributed by atoms with Crippen LogP contribution in [0, 0.1) is 12.7 Å². The Bertz CT molecular complexity index is 1060. The minimum Gasteiger partial charge on any atom is -0.373 e. The molecule has 0 aliphatic carbocycles. The van der Waals surface area contributed by atoms with Crippen molar-refractivity contribution < 1.29 is 9.18 Å². The zero-order valence-corrected chi connectivity index (χ0v) is 17.5. The Morgan fingerprint density at radius 1 is 1.10 bits per heavy atom. The summed E-state index contributed by atoms with van der Waals surface area (Å²) in [5, 5.41) is 6.16. The third kappa shape index (κ3) is 4.21. The number of hydrogen-bond donors (Lipinski definition) is 2. The molecule has 1 amide bonds. The van der Waals surface area contributed by atoms with E-state index in [9.17, 15) is 9.18 Å². The second-order valence-corrected chi connectivity index (χ2v) is 8.13. The van der Waals surface area contributed by atoms with Crippen molar-refractivity contribution in [3.8, 4) is 11.1 Å².